The molecule has 0 bridgehead atoms. The molecule has 0 saturated carbocycles. The van der Waals surface area contributed by atoms with Crippen molar-refractivity contribution in [2.75, 3.05) is 6.61 Å². The molecule has 0 aromatic carbocycles. The molecule has 0 spiro atoms. The fraction of sp³-hybridized carbons (Fsp3) is 0.857. The Morgan fingerprint density at radius 1 is 1.20 bits per heavy atom. The summed E-state index contributed by atoms with van der Waals surface area (Å²) in [5.74, 6) is 0. The van der Waals surface area contributed by atoms with E-state index in [1.54, 1.807) is 0 Å². The zero-order valence-corrected chi connectivity index (χ0v) is 10.4. The lowest BCUT2D eigenvalue weighted by atomic mass is 10.1. The molecule has 0 aromatic rings. The molecule has 1 aliphatic heterocycles. The number of allylic oxidation sites excluding steroid dienone is 1. The summed E-state index contributed by atoms with van der Waals surface area (Å²) < 4.78 is 5.51. The van der Waals surface area contributed by atoms with Gasteiger partial charge in [-0.15, -0.1) is 0 Å². The molecule has 1 aliphatic rings. The van der Waals surface area contributed by atoms with Gasteiger partial charge < -0.3 is 4.74 Å². The van der Waals surface area contributed by atoms with Gasteiger partial charge >= 0.3 is 0 Å². The van der Waals surface area contributed by atoms with Gasteiger partial charge in [-0.1, -0.05) is 45.1 Å². The SMILES string of the molecule is CCCCCCCC/C=C1/COC(C)C1. The Hall–Kier alpha value is -0.300. The molecular formula is C14H26O. The molecule has 0 N–H and O–H groups in total. The maximum Gasteiger partial charge on any atom is 0.0681 e. The summed E-state index contributed by atoms with van der Waals surface area (Å²) in [5, 5.41) is 0. The lowest BCUT2D eigenvalue weighted by Crippen LogP contribution is -1.94. The Balaban J connectivity index is 1.92. The number of rotatable bonds is 7. The summed E-state index contributed by atoms with van der Waals surface area (Å²) >= 11 is 0. The standard InChI is InChI=1S/C14H26O/c1-3-4-5-6-7-8-9-10-14-11-13(2)15-12-14/h10,13H,3-9,11-12H2,1-2H3/b14-10+. The van der Waals surface area contributed by atoms with Crippen LogP contribution >= 0.6 is 0 Å². The highest BCUT2D eigenvalue weighted by Crippen LogP contribution is 2.19. The van der Waals surface area contributed by atoms with E-state index in [4.69, 9.17) is 4.74 Å². The van der Waals surface area contributed by atoms with Crippen molar-refractivity contribution in [3.63, 3.8) is 0 Å². The smallest absolute Gasteiger partial charge is 0.0681 e. The van der Waals surface area contributed by atoms with E-state index in [0.717, 1.165) is 13.0 Å². The van der Waals surface area contributed by atoms with Crippen LogP contribution in [0.4, 0.5) is 0 Å². The van der Waals surface area contributed by atoms with Crippen LogP contribution in [0.3, 0.4) is 0 Å². The van der Waals surface area contributed by atoms with E-state index in [1.807, 2.05) is 0 Å². The Morgan fingerprint density at radius 3 is 2.60 bits per heavy atom. The number of hydrogen-bond donors (Lipinski definition) is 0. The van der Waals surface area contributed by atoms with Crippen LogP contribution in [0.1, 0.15) is 65.2 Å². The van der Waals surface area contributed by atoms with Crippen LogP contribution in [0.5, 0.6) is 0 Å². The predicted octanol–water partition coefficient (Wildman–Crippen LogP) is 4.47. The number of ether oxygens (including phenoxy) is 1. The minimum atomic E-state index is 0.459. The first kappa shape index (κ1) is 12.8. The molecule has 0 aliphatic carbocycles. The van der Waals surface area contributed by atoms with Crippen LogP contribution < -0.4 is 0 Å². The van der Waals surface area contributed by atoms with Gasteiger partial charge in [0.1, 0.15) is 0 Å². The molecule has 1 heteroatoms. The van der Waals surface area contributed by atoms with E-state index in [-0.39, 0.29) is 0 Å². The van der Waals surface area contributed by atoms with Crippen LogP contribution in [0, 0.1) is 0 Å². The summed E-state index contributed by atoms with van der Waals surface area (Å²) in [6, 6.07) is 0. The van der Waals surface area contributed by atoms with Crippen LogP contribution in [-0.4, -0.2) is 12.7 Å². The molecule has 1 rings (SSSR count). The molecule has 0 aromatic heterocycles. The second-order valence-corrected chi connectivity index (χ2v) is 4.74. The number of unbranched alkanes of at least 4 members (excludes halogenated alkanes) is 6. The lowest BCUT2D eigenvalue weighted by molar-refractivity contribution is 0.128. The van der Waals surface area contributed by atoms with Crippen LogP contribution in [-0.2, 0) is 4.74 Å². The van der Waals surface area contributed by atoms with E-state index in [2.05, 4.69) is 19.9 Å². The third-order valence-electron chi connectivity index (χ3n) is 3.09. The van der Waals surface area contributed by atoms with Crippen molar-refractivity contribution >= 4 is 0 Å². The average Bonchev–Trinajstić information content (AvgIpc) is 2.63. The van der Waals surface area contributed by atoms with Crippen molar-refractivity contribution in [1.82, 2.24) is 0 Å². The van der Waals surface area contributed by atoms with Crippen molar-refractivity contribution in [1.29, 1.82) is 0 Å². The van der Waals surface area contributed by atoms with Crippen LogP contribution in [0.25, 0.3) is 0 Å². The van der Waals surface area contributed by atoms with Crippen LogP contribution in [0.15, 0.2) is 11.6 Å². The van der Waals surface area contributed by atoms with Gasteiger partial charge in [0.05, 0.1) is 12.7 Å². The highest BCUT2D eigenvalue weighted by molar-refractivity contribution is 5.07. The van der Waals surface area contributed by atoms with E-state index in [1.165, 1.54) is 50.5 Å². The molecular weight excluding hydrogens is 184 g/mol. The van der Waals surface area contributed by atoms with Gasteiger partial charge in [-0.2, -0.15) is 0 Å². The maximum absolute atomic E-state index is 5.51. The minimum absolute atomic E-state index is 0.459. The summed E-state index contributed by atoms with van der Waals surface area (Å²) in [6.07, 6.45) is 13.7. The Kier molecular flexibility index (Phi) is 6.74. The minimum Gasteiger partial charge on any atom is -0.374 e. The normalized spacial score (nSPS) is 23.9. The van der Waals surface area contributed by atoms with E-state index >= 15 is 0 Å². The van der Waals surface area contributed by atoms with E-state index in [9.17, 15) is 0 Å². The molecule has 1 unspecified atom stereocenters. The van der Waals surface area contributed by atoms with Crippen LogP contribution in [0.2, 0.25) is 0 Å². The summed E-state index contributed by atoms with van der Waals surface area (Å²) in [4.78, 5) is 0. The van der Waals surface area contributed by atoms with Gasteiger partial charge in [-0.3, -0.25) is 0 Å². The highest BCUT2D eigenvalue weighted by Gasteiger charge is 2.13. The van der Waals surface area contributed by atoms with Crippen molar-refractivity contribution in [2.45, 2.75) is 71.3 Å². The van der Waals surface area contributed by atoms with Gasteiger partial charge in [0, 0.05) is 0 Å². The molecule has 88 valence electrons. The maximum atomic E-state index is 5.51. The van der Waals surface area contributed by atoms with Crippen molar-refractivity contribution in [3.8, 4) is 0 Å². The van der Waals surface area contributed by atoms with Crippen molar-refractivity contribution in [2.24, 2.45) is 0 Å². The summed E-state index contributed by atoms with van der Waals surface area (Å²) in [7, 11) is 0. The van der Waals surface area contributed by atoms with E-state index < -0.39 is 0 Å². The zero-order chi connectivity index (χ0) is 10.9. The van der Waals surface area contributed by atoms with Gasteiger partial charge in [0.15, 0.2) is 0 Å². The second-order valence-electron chi connectivity index (χ2n) is 4.74. The van der Waals surface area contributed by atoms with Crippen molar-refractivity contribution < 1.29 is 4.74 Å². The fourth-order valence-electron chi connectivity index (χ4n) is 2.11. The molecule has 1 atom stereocenters. The molecule has 0 radical (unpaired) electrons. The first-order valence-corrected chi connectivity index (χ1v) is 6.62. The Labute approximate surface area is 94.9 Å². The van der Waals surface area contributed by atoms with Gasteiger partial charge in [-0.25, -0.2) is 0 Å². The molecule has 1 nitrogen and oxygen atoms in total. The zero-order valence-electron chi connectivity index (χ0n) is 10.4. The third-order valence-corrected chi connectivity index (χ3v) is 3.09. The highest BCUT2D eigenvalue weighted by atomic mass is 16.5. The second kappa shape index (κ2) is 7.92. The third kappa shape index (κ3) is 5.99. The van der Waals surface area contributed by atoms with E-state index in [0.29, 0.717) is 6.10 Å². The Bertz CT molecular complexity index is 184. The summed E-state index contributed by atoms with van der Waals surface area (Å²) in [5.41, 5.74) is 1.52. The molecule has 1 fully saturated rings. The van der Waals surface area contributed by atoms with Gasteiger partial charge in [0.25, 0.3) is 0 Å². The first-order valence-electron chi connectivity index (χ1n) is 6.62. The monoisotopic (exact) mass is 210 g/mol. The average molecular weight is 210 g/mol. The first-order chi connectivity index (χ1) is 7.33. The largest absolute Gasteiger partial charge is 0.374 e. The van der Waals surface area contributed by atoms with Gasteiger partial charge in [0.2, 0.25) is 0 Å². The molecule has 1 heterocycles. The van der Waals surface area contributed by atoms with Crippen molar-refractivity contribution in [3.05, 3.63) is 11.6 Å². The number of hydrogen-bond acceptors (Lipinski definition) is 1. The fourth-order valence-corrected chi connectivity index (χ4v) is 2.11. The predicted molar refractivity (Wildman–Crippen MR) is 66.1 cm³/mol. The quantitative estimate of drug-likeness (QED) is 0.445. The molecule has 0 amide bonds. The molecule has 1 saturated heterocycles. The van der Waals surface area contributed by atoms with Gasteiger partial charge in [-0.05, 0) is 31.8 Å². The topological polar surface area (TPSA) is 9.23 Å². The Morgan fingerprint density at radius 2 is 1.93 bits per heavy atom. The lowest BCUT2D eigenvalue weighted by Gasteiger charge is -1.98. The summed E-state index contributed by atoms with van der Waals surface area (Å²) in [6.45, 7) is 5.31. The molecule has 15 heavy (non-hydrogen) atoms.